The number of hydrogen-bond donors (Lipinski definition) is 0. The van der Waals surface area contributed by atoms with Gasteiger partial charge in [0.25, 0.3) is 0 Å². The van der Waals surface area contributed by atoms with E-state index in [1.54, 1.807) is 13.8 Å². The molecule has 0 aromatic carbocycles. The Morgan fingerprint density at radius 3 is 1.93 bits per heavy atom. The van der Waals surface area contributed by atoms with Crippen LogP contribution in [0.4, 0.5) is 0 Å². The number of methoxy groups -OCH3 is 1. The third kappa shape index (κ3) is 7.00. The summed E-state index contributed by atoms with van der Waals surface area (Å²) >= 11 is 0. The average Bonchev–Trinajstić information content (AvgIpc) is 3.16. The number of allylic oxidation sites excluding steroid dienone is 3. The first-order valence-corrected chi connectivity index (χ1v) is 9.26. The lowest BCUT2D eigenvalue weighted by molar-refractivity contribution is -0.167. The van der Waals surface area contributed by atoms with Crippen LogP contribution in [0.2, 0.25) is 0 Å². The number of ketones is 1. The minimum absolute atomic E-state index is 0.0921. The van der Waals surface area contributed by atoms with Crippen LogP contribution in [0.5, 0.6) is 0 Å². The molecular weight excluding hydrogens is 352 g/mol. The van der Waals surface area contributed by atoms with E-state index in [9.17, 15) is 19.2 Å². The maximum atomic E-state index is 12.9. The highest BCUT2D eigenvalue weighted by atomic mass is 16.6. The summed E-state index contributed by atoms with van der Waals surface area (Å²) in [4.78, 5) is 48.8. The lowest BCUT2D eigenvalue weighted by Crippen LogP contribution is -2.41. The summed E-state index contributed by atoms with van der Waals surface area (Å²) < 4.78 is 14.6. The van der Waals surface area contributed by atoms with Gasteiger partial charge in [0.2, 0.25) is 0 Å². The van der Waals surface area contributed by atoms with Crippen molar-refractivity contribution in [3.05, 3.63) is 24.3 Å². The fraction of sp³-hybridized carbons (Fsp3) is 0.600. The van der Waals surface area contributed by atoms with Gasteiger partial charge in [-0.1, -0.05) is 25.0 Å². The first kappa shape index (κ1) is 22.6. The fourth-order valence-corrected chi connectivity index (χ4v) is 3.30. The molecule has 0 aromatic rings. The molecule has 0 radical (unpaired) electrons. The lowest BCUT2D eigenvalue weighted by Gasteiger charge is -2.27. The van der Waals surface area contributed by atoms with Crippen molar-refractivity contribution in [1.82, 2.24) is 0 Å². The van der Waals surface area contributed by atoms with E-state index < -0.39 is 29.7 Å². The molecule has 7 heteroatoms. The fourth-order valence-electron chi connectivity index (χ4n) is 3.30. The van der Waals surface area contributed by atoms with E-state index in [0.29, 0.717) is 0 Å². The van der Waals surface area contributed by atoms with E-state index in [4.69, 9.17) is 9.47 Å². The molecule has 0 aliphatic heterocycles. The monoisotopic (exact) mass is 380 g/mol. The zero-order valence-corrected chi connectivity index (χ0v) is 16.1. The first-order valence-electron chi connectivity index (χ1n) is 9.26. The molecule has 1 fully saturated rings. The number of carbonyl (C=O) groups is 4. The number of hydrogen-bond acceptors (Lipinski definition) is 7. The summed E-state index contributed by atoms with van der Waals surface area (Å²) in [7, 11) is 1.25. The summed E-state index contributed by atoms with van der Waals surface area (Å²) in [6.07, 6.45) is 8.62. The van der Waals surface area contributed by atoms with Crippen molar-refractivity contribution < 1.29 is 33.4 Å². The van der Waals surface area contributed by atoms with Crippen LogP contribution in [0.15, 0.2) is 24.3 Å². The maximum absolute atomic E-state index is 12.9. The van der Waals surface area contributed by atoms with Gasteiger partial charge < -0.3 is 14.2 Å². The van der Waals surface area contributed by atoms with Gasteiger partial charge in [0.05, 0.1) is 20.3 Å². The van der Waals surface area contributed by atoms with Crippen molar-refractivity contribution >= 4 is 23.7 Å². The molecule has 1 aliphatic rings. The smallest absolute Gasteiger partial charge is 0.330 e. The molecule has 0 aromatic heterocycles. The highest BCUT2D eigenvalue weighted by Crippen LogP contribution is 2.37. The second-order valence-electron chi connectivity index (χ2n) is 6.20. The number of ether oxygens (including phenoxy) is 3. The van der Waals surface area contributed by atoms with Gasteiger partial charge in [-0.2, -0.15) is 0 Å². The van der Waals surface area contributed by atoms with Crippen LogP contribution in [-0.2, 0) is 33.4 Å². The molecule has 27 heavy (non-hydrogen) atoms. The highest BCUT2D eigenvalue weighted by molar-refractivity contribution is 6.03. The second-order valence-corrected chi connectivity index (χ2v) is 6.20. The summed E-state index contributed by atoms with van der Waals surface area (Å²) in [6.45, 7) is 3.50. The van der Waals surface area contributed by atoms with Crippen LogP contribution in [-0.4, -0.2) is 44.0 Å². The second kappa shape index (κ2) is 12.0. The van der Waals surface area contributed by atoms with E-state index in [1.807, 2.05) is 0 Å². The number of esters is 3. The van der Waals surface area contributed by atoms with Crippen LogP contribution >= 0.6 is 0 Å². The van der Waals surface area contributed by atoms with Crippen molar-refractivity contribution in [2.24, 2.45) is 17.8 Å². The van der Waals surface area contributed by atoms with E-state index in [-0.39, 0.29) is 24.9 Å². The van der Waals surface area contributed by atoms with Gasteiger partial charge in [0.15, 0.2) is 11.7 Å². The van der Waals surface area contributed by atoms with Crippen LogP contribution in [0.1, 0.15) is 39.5 Å². The molecule has 150 valence electrons. The molecule has 0 N–H and O–H groups in total. The molecule has 0 bridgehead atoms. The topological polar surface area (TPSA) is 96.0 Å². The predicted octanol–water partition coefficient (Wildman–Crippen LogP) is 2.39. The Hall–Kier alpha value is -2.44. The molecule has 1 aliphatic carbocycles. The van der Waals surface area contributed by atoms with Crippen molar-refractivity contribution in [1.29, 1.82) is 0 Å². The van der Waals surface area contributed by atoms with Gasteiger partial charge in [0.1, 0.15) is 0 Å². The SMILES string of the molecule is CCOC(=O)C(C(=O)OCC)C(C(=O)/C=C/C=C/C(=O)OC)C1CCCC1. The summed E-state index contributed by atoms with van der Waals surface area (Å²) in [6, 6.07) is 0. The van der Waals surface area contributed by atoms with Gasteiger partial charge in [-0.3, -0.25) is 14.4 Å². The number of carbonyl (C=O) groups excluding carboxylic acids is 4. The summed E-state index contributed by atoms with van der Waals surface area (Å²) in [5.41, 5.74) is 0. The van der Waals surface area contributed by atoms with Crippen LogP contribution in [0.25, 0.3) is 0 Å². The molecule has 1 unspecified atom stereocenters. The molecule has 1 atom stereocenters. The molecule has 7 nitrogen and oxygen atoms in total. The summed E-state index contributed by atoms with van der Waals surface area (Å²) in [5, 5.41) is 0. The number of rotatable bonds is 10. The van der Waals surface area contributed by atoms with Crippen molar-refractivity contribution in [3.63, 3.8) is 0 Å². The minimum atomic E-state index is -1.28. The lowest BCUT2D eigenvalue weighted by atomic mass is 9.77. The van der Waals surface area contributed by atoms with Gasteiger partial charge >= 0.3 is 17.9 Å². The van der Waals surface area contributed by atoms with Crippen LogP contribution < -0.4 is 0 Å². The van der Waals surface area contributed by atoms with Gasteiger partial charge in [-0.05, 0) is 38.7 Å². The average molecular weight is 380 g/mol. The molecule has 0 saturated heterocycles. The Balaban J connectivity index is 3.10. The summed E-state index contributed by atoms with van der Waals surface area (Å²) in [5.74, 6) is -4.59. The van der Waals surface area contributed by atoms with Crippen molar-refractivity contribution in [2.75, 3.05) is 20.3 Å². The van der Waals surface area contributed by atoms with E-state index >= 15 is 0 Å². The van der Waals surface area contributed by atoms with E-state index in [2.05, 4.69) is 4.74 Å². The highest BCUT2D eigenvalue weighted by Gasteiger charge is 2.45. The molecular formula is C20H28O7. The quantitative estimate of drug-likeness (QED) is 0.189. The zero-order chi connectivity index (χ0) is 20.2. The van der Waals surface area contributed by atoms with Gasteiger partial charge in [-0.25, -0.2) is 4.79 Å². The van der Waals surface area contributed by atoms with Crippen molar-refractivity contribution in [3.8, 4) is 0 Å². The van der Waals surface area contributed by atoms with Crippen LogP contribution in [0.3, 0.4) is 0 Å². The molecule has 1 saturated carbocycles. The predicted molar refractivity (Wildman–Crippen MR) is 97.5 cm³/mol. The van der Waals surface area contributed by atoms with Crippen LogP contribution in [0, 0.1) is 17.8 Å². The largest absolute Gasteiger partial charge is 0.466 e. The molecule has 0 amide bonds. The Morgan fingerprint density at radius 2 is 1.44 bits per heavy atom. The normalized spacial score (nSPS) is 16.0. The Bertz CT molecular complexity index is 567. The third-order valence-corrected chi connectivity index (χ3v) is 4.48. The Kier molecular flexibility index (Phi) is 10.1. The maximum Gasteiger partial charge on any atom is 0.330 e. The molecule has 0 spiro atoms. The van der Waals surface area contributed by atoms with Crippen molar-refractivity contribution in [2.45, 2.75) is 39.5 Å². The third-order valence-electron chi connectivity index (χ3n) is 4.48. The van der Waals surface area contributed by atoms with E-state index in [1.165, 1.54) is 31.4 Å². The zero-order valence-electron chi connectivity index (χ0n) is 16.1. The first-order chi connectivity index (χ1) is 13.0. The van der Waals surface area contributed by atoms with Gasteiger partial charge in [0, 0.05) is 12.0 Å². The van der Waals surface area contributed by atoms with E-state index in [0.717, 1.165) is 25.7 Å². The Morgan fingerprint density at radius 1 is 0.926 bits per heavy atom. The standard InChI is InChI=1S/C20H28O7/c1-4-26-19(23)18(20(24)27-5-2)17(14-10-6-7-11-14)15(21)12-8-9-13-16(22)25-3/h8-9,12-14,17-18H,4-7,10-11H2,1-3H3/b12-8+,13-9+. The minimum Gasteiger partial charge on any atom is -0.466 e. The molecule has 1 rings (SSSR count). The molecule has 0 heterocycles. The van der Waals surface area contributed by atoms with Gasteiger partial charge in [-0.15, -0.1) is 0 Å². The Labute approximate surface area is 159 Å².